The van der Waals surface area contributed by atoms with E-state index in [1.807, 2.05) is 12.2 Å². The third kappa shape index (κ3) is 33.4. The van der Waals surface area contributed by atoms with Gasteiger partial charge in [-0.1, -0.05) is 178 Å². The van der Waals surface area contributed by atoms with Gasteiger partial charge in [0.15, 0.2) is 0 Å². The minimum atomic E-state index is -0.999. The molecule has 298 valence electrons. The first kappa shape index (κ1) is 47.6. The Labute approximate surface area is 319 Å². The van der Waals surface area contributed by atoms with E-state index in [0.717, 1.165) is 63.7 Å². The zero-order valence-corrected chi connectivity index (χ0v) is 33.7. The average Bonchev–Trinajstić information content (AvgIpc) is 3.88. The SMILES string of the molecule is CC/C=C\CC1OC1C/C=C\C/C=C\C/C=C\C/C=C\CCC(=O)OC[C@@H](O)COC(=O)CCCCCCCCCCCCCCCCCC(C)C. The Morgan fingerprint density at radius 3 is 1.44 bits per heavy atom. The normalized spacial score (nSPS) is 16.8. The molecule has 0 bridgehead atoms. The van der Waals surface area contributed by atoms with Crippen LogP contribution in [0.4, 0.5) is 0 Å². The van der Waals surface area contributed by atoms with Crippen molar-refractivity contribution >= 4 is 11.9 Å². The number of rotatable bonds is 36. The van der Waals surface area contributed by atoms with Crippen LogP contribution in [0.25, 0.3) is 0 Å². The summed E-state index contributed by atoms with van der Waals surface area (Å²) in [5.41, 5.74) is 0. The summed E-state index contributed by atoms with van der Waals surface area (Å²) in [6.07, 6.45) is 49.0. The van der Waals surface area contributed by atoms with Crippen molar-refractivity contribution in [2.24, 2.45) is 5.92 Å². The van der Waals surface area contributed by atoms with E-state index in [1.165, 1.54) is 83.5 Å². The van der Waals surface area contributed by atoms with Gasteiger partial charge in [0, 0.05) is 12.8 Å². The maximum atomic E-state index is 12.0. The Kier molecular flexibility index (Phi) is 32.6. The summed E-state index contributed by atoms with van der Waals surface area (Å²) in [4.78, 5) is 24.0. The number of ether oxygens (including phenoxy) is 3. The molecule has 0 aromatic carbocycles. The van der Waals surface area contributed by atoms with Gasteiger partial charge in [0.2, 0.25) is 0 Å². The van der Waals surface area contributed by atoms with Gasteiger partial charge >= 0.3 is 11.9 Å². The van der Waals surface area contributed by atoms with Gasteiger partial charge in [-0.15, -0.1) is 0 Å². The standard InChI is InChI=1S/C46H78O6/c1-4-5-29-35-43-44(52-43)36-31-26-22-18-14-11-12-16-20-24-28-33-38-46(49)51-40-42(47)39-50-45(48)37-32-27-23-19-15-10-8-6-7-9-13-17-21-25-30-34-41(2)3/h5,12,14,16,18,24,26,28-29,31,41-44,47H,4,6-11,13,15,17,19-23,25,27,30,32-40H2,1-3H3/b16-12-,18-14-,28-24-,29-5-,31-26-/t42-,43?,44?/m0/s1. The maximum absolute atomic E-state index is 12.0. The van der Waals surface area contributed by atoms with E-state index in [-0.39, 0.29) is 31.6 Å². The van der Waals surface area contributed by atoms with E-state index < -0.39 is 6.10 Å². The van der Waals surface area contributed by atoms with Crippen LogP contribution in [-0.2, 0) is 23.8 Å². The van der Waals surface area contributed by atoms with Gasteiger partial charge in [-0.2, -0.15) is 0 Å². The Balaban J connectivity index is 1.85. The first-order valence-corrected chi connectivity index (χ1v) is 21.3. The molecular weight excluding hydrogens is 648 g/mol. The van der Waals surface area contributed by atoms with Crippen LogP contribution >= 0.6 is 0 Å². The summed E-state index contributed by atoms with van der Waals surface area (Å²) >= 11 is 0. The van der Waals surface area contributed by atoms with Crippen LogP contribution in [0.15, 0.2) is 60.8 Å². The monoisotopic (exact) mass is 727 g/mol. The topological polar surface area (TPSA) is 85.4 Å². The molecule has 0 radical (unpaired) electrons. The third-order valence-electron chi connectivity index (χ3n) is 9.36. The molecule has 1 aliphatic heterocycles. The minimum absolute atomic E-state index is 0.143. The number of allylic oxidation sites excluding steroid dienone is 8. The quantitative estimate of drug-likeness (QED) is 0.0299. The highest BCUT2D eigenvalue weighted by molar-refractivity contribution is 5.70. The average molecular weight is 727 g/mol. The molecule has 3 atom stereocenters. The summed E-state index contributed by atoms with van der Waals surface area (Å²) < 4.78 is 16.0. The predicted molar refractivity (Wildman–Crippen MR) is 218 cm³/mol. The second kappa shape index (κ2) is 35.6. The molecule has 1 rings (SSSR count). The number of hydrogen-bond acceptors (Lipinski definition) is 6. The van der Waals surface area contributed by atoms with E-state index in [9.17, 15) is 14.7 Å². The molecule has 6 heteroatoms. The van der Waals surface area contributed by atoms with Gasteiger partial charge in [0.1, 0.15) is 19.3 Å². The molecule has 2 unspecified atom stereocenters. The molecule has 1 fully saturated rings. The number of aliphatic hydroxyl groups is 1. The van der Waals surface area contributed by atoms with Crippen molar-refractivity contribution < 1.29 is 28.9 Å². The zero-order valence-electron chi connectivity index (χ0n) is 33.7. The molecular formula is C46H78O6. The summed E-state index contributed by atoms with van der Waals surface area (Å²) in [5.74, 6) is 0.188. The van der Waals surface area contributed by atoms with Crippen molar-refractivity contribution in [3.05, 3.63) is 60.8 Å². The largest absolute Gasteiger partial charge is 0.463 e. The van der Waals surface area contributed by atoms with E-state index in [0.29, 0.717) is 25.0 Å². The minimum Gasteiger partial charge on any atom is -0.463 e. The molecule has 0 spiro atoms. The molecule has 0 aliphatic carbocycles. The van der Waals surface area contributed by atoms with Crippen LogP contribution in [-0.4, -0.2) is 48.6 Å². The fourth-order valence-electron chi connectivity index (χ4n) is 6.04. The van der Waals surface area contributed by atoms with Gasteiger partial charge in [0.05, 0.1) is 12.2 Å². The lowest BCUT2D eigenvalue weighted by molar-refractivity contribution is -0.152. The Bertz CT molecular complexity index is 993. The highest BCUT2D eigenvalue weighted by Crippen LogP contribution is 2.29. The van der Waals surface area contributed by atoms with Crippen molar-refractivity contribution in [1.29, 1.82) is 0 Å². The maximum Gasteiger partial charge on any atom is 0.306 e. The highest BCUT2D eigenvalue weighted by atomic mass is 16.6. The van der Waals surface area contributed by atoms with Crippen molar-refractivity contribution in [3.8, 4) is 0 Å². The number of hydrogen-bond donors (Lipinski definition) is 1. The number of esters is 2. The van der Waals surface area contributed by atoms with Crippen molar-refractivity contribution in [2.45, 2.75) is 200 Å². The van der Waals surface area contributed by atoms with Crippen molar-refractivity contribution in [3.63, 3.8) is 0 Å². The molecule has 1 N–H and O–H groups in total. The van der Waals surface area contributed by atoms with Crippen LogP contribution in [0.3, 0.4) is 0 Å². The Morgan fingerprint density at radius 1 is 0.558 bits per heavy atom. The molecule has 0 saturated carbocycles. The summed E-state index contributed by atoms with van der Waals surface area (Å²) in [5, 5.41) is 10.0. The van der Waals surface area contributed by atoms with Gasteiger partial charge in [-0.3, -0.25) is 9.59 Å². The molecule has 0 aromatic rings. The molecule has 0 amide bonds. The summed E-state index contributed by atoms with van der Waals surface area (Å²) in [6.45, 7) is 6.48. The lowest BCUT2D eigenvalue weighted by atomic mass is 10.0. The molecule has 1 saturated heterocycles. The fraction of sp³-hybridized carbons (Fsp3) is 0.739. The number of epoxide rings is 1. The lowest BCUT2D eigenvalue weighted by Gasteiger charge is -2.12. The smallest absolute Gasteiger partial charge is 0.306 e. The van der Waals surface area contributed by atoms with Crippen LogP contribution < -0.4 is 0 Å². The van der Waals surface area contributed by atoms with Crippen LogP contribution in [0.5, 0.6) is 0 Å². The predicted octanol–water partition coefficient (Wildman–Crippen LogP) is 12.4. The molecule has 6 nitrogen and oxygen atoms in total. The number of carbonyl (C=O) groups excluding carboxylic acids is 2. The second-order valence-electron chi connectivity index (χ2n) is 15.0. The second-order valence-corrected chi connectivity index (χ2v) is 15.0. The molecule has 1 aliphatic rings. The van der Waals surface area contributed by atoms with Crippen LogP contribution in [0.1, 0.15) is 181 Å². The zero-order chi connectivity index (χ0) is 37.7. The van der Waals surface area contributed by atoms with Crippen LogP contribution in [0, 0.1) is 5.92 Å². The Morgan fingerprint density at radius 2 is 0.962 bits per heavy atom. The third-order valence-corrected chi connectivity index (χ3v) is 9.36. The van der Waals surface area contributed by atoms with E-state index in [2.05, 4.69) is 69.4 Å². The first-order chi connectivity index (χ1) is 25.4. The van der Waals surface area contributed by atoms with Gasteiger partial charge in [-0.25, -0.2) is 0 Å². The number of carbonyl (C=O) groups is 2. The van der Waals surface area contributed by atoms with Crippen molar-refractivity contribution in [2.75, 3.05) is 13.2 Å². The molecule has 1 heterocycles. The fourth-order valence-corrected chi connectivity index (χ4v) is 6.04. The first-order valence-electron chi connectivity index (χ1n) is 21.3. The molecule has 52 heavy (non-hydrogen) atoms. The van der Waals surface area contributed by atoms with Gasteiger partial charge in [0.25, 0.3) is 0 Å². The number of unbranched alkanes of at least 4 members (excludes halogenated alkanes) is 14. The lowest BCUT2D eigenvalue weighted by Crippen LogP contribution is -2.25. The Hall–Kier alpha value is -2.44. The van der Waals surface area contributed by atoms with Crippen molar-refractivity contribution in [1.82, 2.24) is 0 Å². The van der Waals surface area contributed by atoms with E-state index in [1.54, 1.807) is 0 Å². The summed E-state index contributed by atoms with van der Waals surface area (Å²) in [6, 6.07) is 0. The highest BCUT2D eigenvalue weighted by Gasteiger charge is 2.35. The van der Waals surface area contributed by atoms with Gasteiger partial charge < -0.3 is 19.3 Å². The summed E-state index contributed by atoms with van der Waals surface area (Å²) in [7, 11) is 0. The van der Waals surface area contributed by atoms with E-state index in [4.69, 9.17) is 14.2 Å². The number of aliphatic hydroxyl groups excluding tert-OH is 1. The van der Waals surface area contributed by atoms with Crippen LogP contribution in [0.2, 0.25) is 0 Å². The van der Waals surface area contributed by atoms with Gasteiger partial charge in [-0.05, 0) is 57.3 Å². The van der Waals surface area contributed by atoms with E-state index >= 15 is 0 Å². The molecule has 0 aromatic heterocycles.